The van der Waals surface area contributed by atoms with Crippen molar-refractivity contribution >= 4 is 27.7 Å². The molecule has 1 aromatic rings. The first-order chi connectivity index (χ1) is 8.09. The van der Waals surface area contributed by atoms with Crippen LogP contribution in [0.3, 0.4) is 0 Å². The second-order valence-electron chi connectivity index (χ2n) is 4.00. The van der Waals surface area contributed by atoms with E-state index in [9.17, 15) is 4.79 Å². The fraction of sp³-hybridized carbons (Fsp3) is 0.455. The van der Waals surface area contributed by atoms with Crippen molar-refractivity contribution in [2.24, 2.45) is 5.73 Å². The Morgan fingerprint density at radius 3 is 3.12 bits per heavy atom. The number of nitrogens with two attached hydrogens (primary N) is 1. The molecule has 1 amide bonds. The summed E-state index contributed by atoms with van der Waals surface area (Å²) in [4.78, 5) is 17.6. The highest BCUT2D eigenvalue weighted by Gasteiger charge is 2.29. The van der Waals surface area contributed by atoms with Gasteiger partial charge in [-0.25, -0.2) is 4.98 Å². The Balaban J connectivity index is 2.32. The largest absolute Gasteiger partial charge is 0.377 e. The number of rotatable bonds is 2. The maximum atomic E-state index is 11.4. The van der Waals surface area contributed by atoms with E-state index in [1.54, 1.807) is 6.20 Å². The Morgan fingerprint density at radius 1 is 1.71 bits per heavy atom. The molecule has 0 aromatic carbocycles. The molecule has 1 atom stereocenters. The third kappa shape index (κ3) is 2.58. The third-order valence-electron chi connectivity index (χ3n) is 2.69. The topological polar surface area (TPSA) is 68.5 Å². The fourth-order valence-electron chi connectivity index (χ4n) is 1.83. The van der Waals surface area contributed by atoms with Gasteiger partial charge in [-0.05, 0) is 34.5 Å². The van der Waals surface area contributed by atoms with Crippen molar-refractivity contribution < 1.29 is 9.53 Å². The predicted molar refractivity (Wildman–Crippen MR) is 67.8 cm³/mol. The van der Waals surface area contributed by atoms with Crippen molar-refractivity contribution in [1.29, 1.82) is 0 Å². The van der Waals surface area contributed by atoms with E-state index in [1.165, 1.54) is 0 Å². The smallest absolute Gasteiger partial charge is 0.242 e. The minimum Gasteiger partial charge on any atom is -0.377 e. The number of aromatic nitrogens is 1. The lowest BCUT2D eigenvalue weighted by molar-refractivity contribution is -0.121. The van der Waals surface area contributed by atoms with E-state index < -0.39 is 6.04 Å². The molecular formula is C11H14BrN3O2. The second-order valence-corrected chi connectivity index (χ2v) is 4.86. The third-order valence-corrected chi connectivity index (χ3v) is 3.27. The van der Waals surface area contributed by atoms with Crippen molar-refractivity contribution in [3.63, 3.8) is 0 Å². The zero-order valence-electron chi connectivity index (χ0n) is 9.52. The van der Waals surface area contributed by atoms with Gasteiger partial charge in [0.2, 0.25) is 5.91 Å². The summed E-state index contributed by atoms with van der Waals surface area (Å²) in [6.45, 7) is 3.47. The van der Waals surface area contributed by atoms with Gasteiger partial charge in [0.25, 0.3) is 0 Å². The molecule has 0 radical (unpaired) electrons. The molecule has 1 aliphatic heterocycles. The van der Waals surface area contributed by atoms with Gasteiger partial charge in [-0.3, -0.25) is 4.79 Å². The van der Waals surface area contributed by atoms with Gasteiger partial charge in [0.1, 0.15) is 11.9 Å². The quantitative estimate of drug-likeness (QED) is 0.879. The molecule has 1 fully saturated rings. The van der Waals surface area contributed by atoms with Crippen LogP contribution in [0.1, 0.15) is 5.56 Å². The molecule has 0 aliphatic carbocycles. The second kappa shape index (κ2) is 5.01. The van der Waals surface area contributed by atoms with Gasteiger partial charge in [-0.1, -0.05) is 0 Å². The standard InChI is InChI=1S/C11H14BrN3O2/c1-7-4-8(12)11(14-5-7)15-2-3-17-6-9(15)10(13)16/h4-5,9H,2-3,6H2,1H3,(H2,13,16). The number of carbonyl (C=O) groups excluding carboxylic acids is 1. The first kappa shape index (κ1) is 12.3. The number of amides is 1. The van der Waals surface area contributed by atoms with Gasteiger partial charge in [-0.2, -0.15) is 0 Å². The number of anilines is 1. The molecule has 1 unspecified atom stereocenters. The summed E-state index contributed by atoms with van der Waals surface area (Å²) >= 11 is 3.46. The number of carbonyl (C=O) groups is 1. The highest BCUT2D eigenvalue weighted by Crippen LogP contribution is 2.27. The van der Waals surface area contributed by atoms with Crippen LogP contribution in [-0.4, -0.2) is 36.7 Å². The van der Waals surface area contributed by atoms with E-state index in [1.807, 2.05) is 17.9 Å². The highest BCUT2D eigenvalue weighted by molar-refractivity contribution is 9.10. The number of nitrogens with zero attached hydrogens (tertiary/aromatic N) is 2. The Kier molecular flexibility index (Phi) is 3.63. The maximum absolute atomic E-state index is 11.4. The van der Waals surface area contributed by atoms with Gasteiger partial charge in [-0.15, -0.1) is 0 Å². The molecule has 1 aliphatic rings. The summed E-state index contributed by atoms with van der Waals surface area (Å²) in [5, 5.41) is 0. The van der Waals surface area contributed by atoms with E-state index >= 15 is 0 Å². The minimum absolute atomic E-state index is 0.317. The molecule has 1 aromatic heterocycles. The number of aryl methyl sites for hydroxylation is 1. The van der Waals surface area contributed by atoms with Crippen molar-refractivity contribution in [2.45, 2.75) is 13.0 Å². The average molecular weight is 300 g/mol. The van der Waals surface area contributed by atoms with E-state index in [0.29, 0.717) is 19.8 Å². The molecule has 17 heavy (non-hydrogen) atoms. The van der Waals surface area contributed by atoms with Crippen molar-refractivity contribution in [3.8, 4) is 0 Å². The van der Waals surface area contributed by atoms with Gasteiger partial charge in [0.05, 0.1) is 17.7 Å². The monoisotopic (exact) mass is 299 g/mol. The maximum Gasteiger partial charge on any atom is 0.242 e. The first-order valence-electron chi connectivity index (χ1n) is 5.35. The lowest BCUT2D eigenvalue weighted by atomic mass is 10.2. The normalized spacial score (nSPS) is 20.4. The van der Waals surface area contributed by atoms with E-state index in [-0.39, 0.29) is 5.91 Å². The Morgan fingerprint density at radius 2 is 2.47 bits per heavy atom. The van der Waals surface area contributed by atoms with Gasteiger partial charge < -0.3 is 15.4 Å². The van der Waals surface area contributed by atoms with Crippen LogP contribution in [0, 0.1) is 6.92 Å². The zero-order valence-corrected chi connectivity index (χ0v) is 11.1. The summed E-state index contributed by atoms with van der Waals surface area (Å²) in [6, 6.07) is 1.52. The molecule has 2 heterocycles. The molecule has 6 heteroatoms. The van der Waals surface area contributed by atoms with Crippen molar-refractivity contribution in [2.75, 3.05) is 24.7 Å². The van der Waals surface area contributed by atoms with Crippen LogP contribution < -0.4 is 10.6 Å². The van der Waals surface area contributed by atoms with Crippen LogP contribution in [0.4, 0.5) is 5.82 Å². The Hall–Kier alpha value is -1.14. The van der Waals surface area contributed by atoms with Crippen LogP contribution in [0.5, 0.6) is 0 Å². The molecule has 0 spiro atoms. The first-order valence-corrected chi connectivity index (χ1v) is 6.14. The fourth-order valence-corrected chi connectivity index (χ4v) is 2.52. The van der Waals surface area contributed by atoms with Crippen molar-refractivity contribution in [1.82, 2.24) is 4.98 Å². The SMILES string of the molecule is Cc1cnc(N2CCOCC2C(N)=O)c(Br)c1. The number of ether oxygens (including phenoxy) is 1. The van der Waals surface area contributed by atoms with Crippen LogP contribution in [0.2, 0.25) is 0 Å². The number of hydrogen-bond acceptors (Lipinski definition) is 4. The number of morpholine rings is 1. The van der Waals surface area contributed by atoms with Gasteiger partial charge >= 0.3 is 0 Å². The minimum atomic E-state index is -0.449. The van der Waals surface area contributed by atoms with E-state index in [2.05, 4.69) is 20.9 Å². The molecule has 0 bridgehead atoms. The number of primary amides is 1. The molecule has 0 saturated carbocycles. The highest BCUT2D eigenvalue weighted by atomic mass is 79.9. The summed E-state index contributed by atoms with van der Waals surface area (Å²) in [7, 11) is 0. The molecular weight excluding hydrogens is 286 g/mol. The zero-order chi connectivity index (χ0) is 12.4. The Bertz CT molecular complexity index is 439. The Labute approximate surface area is 108 Å². The van der Waals surface area contributed by atoms with Crippen LogP contribution in [0.25, 0.3) is 0 Å². The number of pyridine rings is 1. The molecule has 1 saturated heterocycles. The van der Waals surface area contributed by atoms with Crippen molar-refractivity contribution in [3.05, 3.63) is 22.3 Å². The summed E-state index contributed by atoms with van der Waals surface area (Å²) in [5.41, 5.74) is 6.43. The van der Waals surface area contributed by atoms with Crippen LogP contribution >= 0.6 is 15.9 Å². The van der Waals surface area contributed by atoms with Gasteiger partial charge in [0.15, 0.2) is 0 Å². The molecule has 2 rings (SSSR count). The predicted octanol–water partition coefficient (Wildman–Crippen LogP) is 0.843. The molecule has 92 valence electrons. The summed E-state index contributed by atoms with van der Waals surface area (Å²) in [6.07, 6.45) is 1.77. The number of hydrogen-bond donors (Lipinski definition) is 1. The van der Waals surface area contributed by atoms with E-state index in [4.69, 9.17) is 10.5 Å². The van der Waals surface area contributed by atoms with Crippen LogP contribution in [-0.2, 0) is 9.53 Å². The van der Waals surface area contributed by atoms with Gasteiger partial charge in [0, 0.05) is 12.7 Å². The summed E-state index contributed by atoms with van der Waals surface area (Å²) < 4.78 is 6.14. The van der Waals surface area contributed by atoms with E-state index in [0.717, 1.165) is 15.9 Å². The lowest BCUT2D eigenvalue weighted by Gasteiger charge is -2.34. The number of halogens is 1. The molecule has 5 nitrogen and oxygen atoms in total. The molecule has 2 N–H and O–H groups in total. The summed E-state index contributed by atoms with van der Waals surface area (Å²) in [5.74, 6) is 0.349. The van der Waals surface area contributed by atoms with Crippen LogP contribution in [0.15, 0.2) is 16.7 Å². The lowest BCUT2D eigenvalue weighted by Crippen LogP contribution is -2.53. The average Bonchev–Trinajstić information content (AvgIpc) is 2.29.